The normalized spacial score (nSPS) is 23.0. The Morgan fingerprint density at radius 1 is 1.20 bits per heavy atom. The Hall–Kier alpha value is -0.280. The van der Waals surface area contributed by atoms with Crippen molar-refractivity contribution in [3.8, 4) is 0 Å². The topological polar surface area (TPSA) is 0 Å². The van der Waals surface area contributed by atoms with E-state index in [2.05, 4.69) is 0 Å². The Morgan fingerprint density at radius 3 is 2.20 bits per heavy atom. The van der Waals surface area contributed by atoms with Gasteiger partial charge in [0.25, 0.3) is 0 Å². The van der Waals surface area contributed by atoms with E-state index >= 15 is 0 Å². The van der Waals surface area contributed by atoms with Gasteiger partial charge in [-0.3, -0.25) is 0 Å². The van der Waals surface area contributed by atoms with Gasteiger partial charge >= 0.3 is 0 Å². The first-order valence-corrected chi connectivity index (χ1v) is 5.54. The summed E-state index contributed by atoms with van der Waals surface area (Å²) in [7, 11) is 0. The van der Waals surface area contributed by atoms with E-state index in [1.165, 1.54) is 0 Å². The molecule has 0 unspecified atom stereocenters. The number of halogens is 4. The van der Waals surface area contributed by atoms with E-state index in [0.29, 0.717) is 25.7 Å². The van der Waals surface area contributed by atoms with Crippen LogP contribution in [0.15, 0.2) is 0 Å². The number of hydrogen-bond acceptors (Lipinski definition) is 0. The van der Waals surface area contributed by atoms with E-state index in [9.17, 15) is 17.6 Å². The van der Waals surface area contributed by atoms with Gasteiger partial charge in [-0.1, -0.05) is 6.42 Å². The van der Waals surface area contributed by atoms with Crippen molar-refractivity contribution in [1.29, 1.82) is 0 Å². The van der Waals surface area contributed by atoms with Crippen LogP contribution in [-0.2, 0) is 0 Å². The molecule has 0 amide bonds. The zero-order valence-corrected chi connectivity index (χ0v) is 9.04. The summed E-state index contributed by atoms with van der Waals surface area (Å²) in [4.78, 5) is 0. The van der Waals surface area contributed by atoms with E-state index in [4.69, 9.17) is 0 Å². The maximum atomic E-state index is 12.8. The van der Waals surface area contributed by atoms with Crippen LogP contribution in [0.4, 0.5) is 17.6 Å². The zero-order valence-electron chi connectivity index (χ0n) is 9.04. The van der Waals surface area contributed by atoms with Crippen molar-refractivity contribution in [3.63, 3.8) is 0 Å². The van der Waals surface area contributed by atoms with Crippen LogP contribution in [-0.4, -0.2) is 11.8 Å². The van der Waals surface area contributed by atoms with Crippen LogP contribution in [0.25, 0.3) is 0 Å². The van der Waals surface area contributed by atoms with Gasteiger partial charge in [-0.25, -0.2) is 17.6 Å². The van der Waals surface area contributed by atoms with Crippen molar-refractivity contribution in [3.05, 3.63) is 0 Å². The molecular formula is C11H18F4. The molecule has 0 aromatic heterocycles. The third-order valence-electron chi connectivity index (χ3n) is 3.06. The minimum Gasteiger partial charge on any atom is -0.207 e. The van der Waals surface area contributed by atoms with Crippen LogP contribution in [0.2, 0.25) is 0 Å². The molecule has 4 heteroatoms. The van der Waals surface area contributed by atoms with Crippen molar-refractivity contribution in [2.45, 2.75) is 63.7 Å². The molecule has 0 bridgehead atoms. The van der Waals surface area contributed by atoms with Crippen LogP contribution < -0.4 is 0 Å². The monoisotopic (exact) mass is 226 g/mol. The van der Waals surface area contributed by atoms with Crippen molar-refractivity contribution in [2.24, 2.45) is 5.92 Å². The minimum absolute atomic E-state index is 0.0693. The van der Waals surface area contributed by atoms with Crippen LogP contribution in [0.5, 0.6) is 0 Å². The summed E-state index contributed by atoms with van der Waals surface area (Å²) < 4.78 is 50.5. The molecule has 0 saturated heterocycles. The minimum atomic E-state index is -2.61. The second kappa shape index (κ2) is 4.71. The van der Waals surface area contributed by atoms with Crippen molar-refractivity contribution in [1.82, 2.24) is 0 Å². The number of alkyl halides is 4. The van der Waals surface area contributed by atoms with Gasteiger partial charge in [0, 0.05) is 19.3 Å². The molecule has 1 aliphatic rings. The summed E-state index contributed by atoms with van der Waals surface area (Å²) in [6, 6.07) is 0. The summed E-state index contributed by atoms with van der Waals surface area (Å²) in [5, 5.41) is 0. The molecule has 0 aliphatic heterocycles. The summed E-state index contributed by atoms with van der Waals surface area (Å²) >= 11 is 0. The molecule has 1 fully saturated rings. The Labute approximate surface area is 88.0 Å². The van der Waals surface area contributed by atoms with E-state index in [0.717, 1.165) is 6.92 Å². The van der Waals surface area contributed by atoms with E-state index in [1.54, 1.807) is 0 Å². The van der Waals surface area contributed by atoms with Crippen LogP contribution >= 0.6 is 0 Å². The molecule has 0 nitrogen and oxygen atoms in total. The largest absolute Gasteiger partial charge is 0.248 e. The third-order valence-corrected chi connectivity index (χ3v) is 3.06. The maximum absolute atomic E-state index is 12.8. The lowest BCUT2D eigenvalue weighted by atomic mass is 9.83. The Bertz CT molecular complexity index is 185. The van der Waals surface area contributed by atoms with Crippen molar-refractivity contribution < 1.29 is 17.6 Å². The summed E-state index contributed by atoms with van der Waals surface area (Å²) in [5.41, 5.74) is 0. The van der Waals surface area contributed by atoms with Crippen LogP contribution in [0.3, 0.4) is 0 Å². The molecule has 0 aromatic carbocycles. The molecule has 0 atom stereocenters. The molecule has 0 radical (unpaired) electrons. The molecule has 0 spiro atoms. The van der Waals surface area contributed by atoms with Crippen LogP contribution in [0, 0.1) is 5.92 Å². The Balaban J connectivity index is 2.14. The molecule has 15 heavy (non-hydrogen) atoms. The molecule has 90 valence electrons. The highest BCUT2D eigenvalue weighted by Gasteiger charge is 2.34. The SMILES string of the molecule is CC(F)(F)CCCC1CCC(F)(F)CC1. The highest BCUT2D eigenvalue weighted by molar-refractivity contribution is 4.77. The van der Waals surface area contributed by atoms with Gasteiger partial charge in [0.05, 0.1) is 0 Å². The first kappa shape index (κ1) is 12.8. The standard InChI is InChI=1S/C11H18F4/c1-10(12,13)6-2-3-9-4-7-11(14,15)8-5-9/h9H,2-8H2,1H3. The Morgan fingerprint density at radius 2 is 1.73 bits per heavy atom. The van der Waals surface area contributed by atoms with E-state index in [1.807, 2.05) is 0 Å². The highest BCUT2D eigenvalue weighted by atomic mass is 19.3. The average Bonchev–Trinajstić information content (AvgIpc) is 2.06. The number of rotatable bonds is 4. The lowest BCUT2D eigenvalue weighted by Gasteiger charge is -2.28. The lowest BCUT2D eigenvalue weighted by molar-refractivity contribution is -0.0481. The fraction of sp³-hybridized carbons (Fsp3) is 1.00. The fourth-order valence-electron chi connectivity index (χ4n) is 2.09. The predicted molar refractivity (Wildman–Crippen MR) is 51.4 cm³/mol. The average molecular weight is 226 g/mol. The smallest absolute Gasteiger partial charge is 0.207 e. The van der Waals surface area contributed by atoms with Gasteiger partial charge in [-0.2, -0.15) is 0 Å². The highest BCUT2D eigenvalue weighted by Crippen LogP contribution is 2.38. The molecule has 0 aromatic rings. The van der Waals surface area contributed by atoms with E-state index in [-0.39, 0.29) is 25.2 Å². The maximum Gasteiger partial charge on any atom is 0.248 e. The van der Waals surface area contributed by atoms with Crippen molar-refractivity contribution in [2.75, 3.05) is 0 Å². The summed E-state index contributed by atoms with van der Waals surface area (Å²) in [5.74, 6) is -4.89. The first-order valence-electron chi connectivity index (χ1n) is 5.54. The number of hydrogen-bond donors (Lipinski definition) is 0. The van der Waals surface area contributed by atoms with Gasteiger partial charge < -0.3 is 0 Å². The summed E-state index contributed by atoms with van der Waals surface area (Å²) in [6.07, 6.45) is 1.82. The first-order chi connectivity index (χ1) is 6.79. The lowest BCUT2D eigenvalue weighted by Crippen LogP contribution is -2.24. The van der Waals surface area contributed by atoms with Gasteiger partial charge in [0.15, 0.2) is 0 Å². The predicted octanol–water partition coefficient (Wildman–Crippen LogP) is 4.64. The van der Waals surface area contributed by atoms with Crippen molar-refractivity contribution >= 4 is 0 Å². The van der Waals surface area contributed by atoms with Gasteiger partial charge in [0.2, 0.25) is 11.8 Å². The molecular weight excluding hydrogens is 208 g/mol. The van der Waals surface area contributed by atoms with Gasteiger partial charge in [0.1, 0.15) is 0 Å². The molecule has 1 rings (SSSR count). The summed E-state index contributed by atoms with van der Waals surface area (Å²) in [6.45, 7) is 0.905. The van der Waals surface area contributed by atoms with Gasteiger partial charge in [-0.15, -0.1) is 0 Å². The van der Waals surface area contributed by atoms with E-state index < -0.39 is 11.8 Å². The third kappa shape index (κ3) is 5.38. The van der Waals surface area contributed by atoms with Crippen LogP contribution in [0.1, 0.15) is 51.9 Å². The second-order valence-corrected chi connectivity index (χ2v) is 4.76. The molecule has 0 N–H and O–H groups in total. The second-order valence-electron chi connectivity index (χ2n) is 4.76. The molecule has 1 saturated carbocycles. The Kier molecular flexibility index (Phi) is 4.01. The van der Waals surface area contributed by atoms with Gasteiger partial charge in [-0.05, 0) is 32.1 Å². The quantitative estimate of drug-likeness (QED) is 0.613. The molecule has 0 heterocycles. The molecule has 1 aliphatic carbocycles. The fourth-order valence-corrected chi connectivity index (χ4v) is 2.09. The zero-order chi connectivity index (χ0) is 11.5.